The van der Waals surface area contributed by atoms with E-state index in [-0.39, 0.29) is 5.78 Å². The molecule has 5 heteroatoms. The molecule has 0 bridgehead atoms. The van der Waals surface area contributed by atoms with Gasteiger partial charge in [0.2, 0.25) is 5.78 Å². The lowest BCUT2D eigenvalue weighted by molar-refractivity contribution is 0.102. The van der Waals surface area contributed by atoms with Gasteiger partial charge in [0.15, 0.2) is 5.82 Å². The van der Waals surface area contributed by atoms with Gasteiger partial charge in [-0.3, -0.25) is 4.79 Å². The number of aryl methyl sites for hydroxylation is 1. The summed E-state index contributed by atoms with van der Waals surface area (Å²) in [5.74, 6) is 0.273. The van der Waals surface area contributed by atoms with Gasteiger partial charge >= 0.3 is 0 Å². The Kier molecular flexibility index (Phi) is 2.53. The summed E-state index contributed by atoms with van der Waals surface area (Å²) >= 11 is 0. The number of carbonyl (C=O) groups excluding carboxylic acids is 1. The zero-order chi connectivity index (χ0) is 10.7. The lowest BCUT2D eigenvalue weighted by Gasteiger charge is -2.02. The fraction of sp³-hybridized carbons (Fsp3) is 0.200. The van der Waals surface area contributed by atoms with Crippen molar-refractivity contribution in [1.29, 1.82) is 0 Å². The minimum Gasteiger partial charge on any atom is -0.328 e. The Morgan fingerprint density at radius 2 is 2.13 bits per heavy atom. The summed E-state index contributed by atoms with van der Waals surface area (Å²) in [4.78, 5) is 23.5. The van der Waals surface area contributed by atoms with E-state index in [2.05, 4.69) is 15.0 Å². The molecule has 0 saturated carbocycles. The predicted molar refractivity (Wildman–Crippen MR) is 53.4 cm³/mol. The van der Waals surface area contributed by atoms with Crippen molar-refractivity contribution in [2.24, 2.45) is 0 Å². The summed E-state index contributed by atoms with van der Waals surface area (Å²) in [5, 5.41) is 0. The standard InChI is InChI=1S/C10H10N4O/c1-2-14-4-3-13-10(14)9(15)8-5-11-7-12-6-8/h3-7H,2H2,1H3. The maximum atomic E-state index is 11.9. The van der Waals surface area contributed by atoms with Gasteiger partial charge in [-0.15, -0.1) is 0 Å². The van der Waals surface area contributed by atoms with E-state index in [1.807, 2.05) is 6.92 Å². The third-order valence-corrected chi connectivity index (χ3v) is 2.08. The largest absolute Gasteiger partial charge is 0.328 e. The van der Waals surface area contributed by atoms with Crippen molar-refractivity contribution in [1.82, 2.24) is 19.5 Å². The predicted octanol–water partition coefficient (Wildman–Crippen LogP) is 0.924. The third-order valence-electron chi connectivity index (χ3n) is 2.08. The Labute approximate surface area is 86.8 Å². The third kappa shape index (κ3) is 1.76. The molecular weight excluding hydrogens is 192 g/mol. The minimum absolute atomic E-state index is 0.151. The fourth-order valence-corrected chi connectivity index (χ4v) is 1.32. The normalized spacial score (nSPS) is 10.2. The number of hydrogen-bond acceptors (Lipinski definition) is 4. The smallest absolute Gasteiger partial charge is 0.231 e. The molecule has 0 fully saturated rings. The maximum absolute atomic E-state index is 11.9. The van der Waals surface area contributed by atoms with Crippen molar-refractivity contribution in [3.8, 4) is 0 Å². The monoisotopic (exact) mass is 202 g/mol. The molecule has 0 N–H and O–H groups in total. The van der Waals surface area contributed by atoms with Gasteiger partial charge in [-0.05, 0) is 6.92 Å². The summed E-state index contributed by atoms with van der Waals surface area (Å²) in [6.07, 6.45) is 7.76. The highest BCUT2D eigenvalue weighted by molar-refractivity contribution is 6.06. The topological polar surface area (TPSA) is 60.7 Å². The SMILES string of the molecule is CCn1ccnc1C(=O)c1cncnc1. The number of hydrogen-bond donors (Lipinski definition) is 0. The van der Waals surface area contributed by atoms with Crippen molar-refractivity contribution in [2.75, 3.05) is 0 Å². The lowest BCUT2D eigenvalue weighted by Crippen LogP contribution is -2.10. The first kappa shape index (κ1) is 9.51. The summed E-state index contributed by atoms with van der Waals surface area (Å²) in [5.41, 5.74) is 0.457. The average molecular weight is 202 g/mol. The summed E-state index contributed by atoms with van der Waals surface area (Å²) < 4.78 is 1.79. The molecule has 0 amide bonds. The lowest BCUT2D eigenvalue weighted by atomic mass is 10.2. The molecule has 2 heterocycles. The van der Waals surface area contributed by atoms with Crippen LogP contribution in [0.4, 0.5) is 0 Å². The Balaban J connectivity index is 2.37. The Bertz CT molecular complexity index is 463. The van der Waals surface area contributed by atoms with Gasteiger partial charge < -0.3 is 4.57 Å². The highest BCUT2D eigenvalue weighted by Gasteiger charge is 2.14. The van der Waals surface area contributed by atoms with Crippen LogP contribution in [0.1, 0.15) is 23.1 Å². The van der Waals surface area contributed by atoms with Crippen LogP contribution in [0.15, 0.2) is 31.1 Å². The molecule has 2 rings (SSSR count). The van der Waals surface area contributed by atoms with Crippen LogP contribution in [-0.2, 0) is 6.54 Å². The second-order valence-corrected chi connectivity index (χ2v) is 2.99. The number of rotatable bonds is 3. The van der Waals surface area contributed by atoms with Crippen LogP contribution in [0.2, 0.25) is 0 Å². The molecular formula is C10H10N4O. The van der Waals surface area contributed by atoms with E-state index in [0.29, 0.717) is 11.4 Å². The van der Waals surface area contributed by atoms with Crippen LogP contribution in [0.3, 0.4) is 0 Å². The number of imidazole rings is 1. The second kappa shape index (κ2) is 4.00. The van der Waals surface area contributed by atoms with E-state index < -0.39 is 0 Å². The number of nitrogens with zero attached hydrogens (tertiary/aromatic N) is 4. The van der Waals surface area contributed by atoms with E-state index in [1.165, 1.54) is 18.7 Å². The first-order valence-corrected chi connectivity index (χ1v) is 4.63. The van der Waals surface area contributed by atoms with E-state index in [1.54, 1.807) is 17.0 Å². The Morgan fingerprint density at radius 1 is 1.40 bits per heavy atom. The molecule has 0 radical (unpaired) electrons. The molecule has 15 heavy (non-hydrogen) atoms. The van der Waals surface area contributed by atoms with Gasteiger partial charge in [-0.2, -0.15) is 0 Å². The van der Waals surface area contributed by atoms with Crippen LogP contribution >= 0.6 is 0 Å². The van der Waals surface area contributed by atoms with E-state index in [9.17, 15) is 4.79 Å². The number of aromatic nitrogens is 4. The molecule has 0 aliphatic rings. The van der Waals surface area contributed by atoms with Crippen LogP contribution < -0.4 is 0 Å². The zero-order valence-electron chi connectivity index (χ0n) is 8.29. The highest BCUT2D eigenvalue weighted by Crippen LogP contribution is 2.05. The van der Waals surface area contributed by atoms with E-state index >= 15 is 0 Å². The van der Waals surface area contributed by atoms with Gasteiger partial charge in [0.1, 0.15) is 6.33 Å². The molecule has 0 saturated heterocycles. The molecule has 5 nitrogen and oxygen atoms in total. The molecule has 76 valence electrons. The van der Waals surface area contributed by atoms with Crippen LogP contribution in [0.5, 0.6) is 0 Å². The van der Waals surface area contributed by atoms with Gasteiger partial charge in [-0.1, -0.05) is 0 Å². The fourth-order valence-electron chi connectivity index (χ4n) is 1.32. The van der Waals surface area contributed by atoms with Crippen LogP contribution in [0, 0.1) is 0 Å². The van der Waals surface area contributed by atoms with Crippen LogP contribution in [-0.4, -0.2) is 25.3 Å². The van der Waals surface area contributed by atoms with Crippen molar-refractivity contribution in [3.63, 3.8) is 0 Å². The first-order valence-electron chi connectivity index (χ1n) is 4.63. The van der Waals surface area contributed by atoms with Crippen molar-refractivity contribution in [3.05, 3.63) is 42.5 Å². The van der Waals surface area contributed by atoms with Crippen LogP contribution in [0.25, 0.3) is 0 Å². The van der Waals surface area contributed by atoms with Gasteiger partial charge in [0.25, 0.3) is 0 Å². The van der Waals surface area contributed by atoms with Gasteiger partial charge in [0.05, 0.1) is 5.56 Å². The maximum Gasteiger partial charge on any atom is 0.231 e. The number of ketones is 1. The summed E-state index contributed by atoms with van der Waals surface area (Å²) in [6, 6.07) is 0. The molecule has 0 aliphatic heterocycles. The number of carbonyl (C=O) groups is 1. The molecule has 2 aromatic heterocycles. The molecule has 0 spiro atoms. The Hall–Kier alpha value is -2.04. The van der Waals surface area contributed by atoms with E-state index in [0.717, 1.165) is 6.54 Å². The molecule has 0 atom stereocenters. The van der Waals surface area contributed by atoms with Crippen molar-refractivity contribution >= 4 is 5.78 Å². The van der Waals surface area contributed by atoms with E-state index in [4.69, 9.17) is 0 Å². The summed E-state index contributed by atoms with van der Waals surface area (Å²) in [7, 11) is 0. The zero-order valence-corrected chi connectivity index (χ0v) is 8.29. The Morgan fingerprint density at radius 3 is 2.80 bits per heavy atom. The first-order chi connectivity index (χ1) is 7.33. The highest BCUT2D eigenvalue weighted by atomic mass is 16.1. The van der Waals surface area contributed by atoms with Gasteiger partial charge in [-0.25, -0.2) is 15.0 Å². The molecule has 2 aromatic rings. The minimum atomic E-state index is -0.151. The van der Waals surface area contributed by atoms with Crippen molar-refractivity contribution < 1.29 is 4.79 Å². The second-order valence-electron chi connectivity index (χ2n) is 2.99. The molecule has 0 aliphatic carbocycles. The summed E-state index contributed by atoms with van der Waals surface area (Å²) in [6.45, 7) is 2.68. The average Bonchev–Trinajstić information content (AvgIpc) is 2.77. The molecule has 0 unspecified atom stereocenters. The quantitative estimate of drug-likeness (QED) is 0.694. The van der Waals surface area contributed by atoms with Crippen molar-refractivity contribution in [2.45, 2.75) is 13.5 Å². The molecule has 0 aromatic carbocycles. The van der Waals surface area contributed by atoms with Gasteiger partial charge in [0, 0.05) is 31.3 Å².